The Hall–Kier alpha value is -4.57. The van der Waals surface area contributed by atoms with E-state index in [1.807, 2.05) is 51.5 Å². The van der Waals surface area contributed by atoms with Crippen LogP contribution in [0.4, 0.5) is 0 Å². The van der Waals surface area contributed by atoms with E-state index in [0.717, 1.165) is 90.5 Å². The molecule has 232 valence electrons. The van der Waals surface area contributed by atoms with E-state index in [9.17, 15) is 14.4 Å². The van der Waals surface area contributed by atoms with Crippen LogP contribution in [-0.2, 0) is 22.4 Å². The third kappa shape index (κ3) is 5.94. The summed E-state index contributed by atoms with van der Waals surface area (Å²) in [6, 6.07) is 17.9. The van der Waals surface area contributed by atoms with Gasteiger partial charge >= 0.3 is 5.76 Å². The SMILES string of the molecule is CCCc1c(Cc2ccc(-c3ccccc3-c3noc(=O)[nH]3)cc2)c(=O)n(C2CCC(OCC(=O)C3CC3)CC2)c2ccnn12. The number of nitrogens with zero attached hydrogens (tertiary/aromatic N) is 4. The van der Waals surface area contributed by atoms with Gasteiger partial charge in [-0.2, -0.15) is 5.10 Å². The van der Waals surface area contributed by atoms with Gasteiger partial charge in [-0.1, -0.05) is 67.0 Å². The van der Waals surface area contributed by atoms with Gasteiger partial charge in [0.2, 0.25) is 0 Å². The summed E-state index contributed by atoms with van der Waals surface area (Å²) in [7, 11) is 0. The molecule has 2 aliphatic carbocycles. The van der Waals surface area contributed by atoms with Crippen molar-refractivity contribution in [1.29, 1.82) is 0 Å². The third-order valence-corrected chi connectivity index (χ3v) is 9.21. The van der Waals surface area contributed by atoms with Crippen LogP contribution in [0.3, 0.4) is 0 Å². The largest absolute Gasteiger partial charge is 0.439 e. The Labute approximate surface area is 260 Å². The van der Waals surface area contributed by atoms with Crippen molar-refractivity contribution in [2.45, 2.75) is 76.9 Å². The van der Waals surface area contributed by atoms with E-state index in [0.29, 0.717) is 12.2 Å². The van der Waals surface area contributed by atoms with Crippen LogP contribution in [0.5, 0.6) is 0 Å². The number of rotatable bonds is 11. The summed E-state index contributed by atoms with van der Waals surface area (Å²) in [4.78, 5) is 40.7. The van der Waals surface area contributed by atoms with E-state index in [4.69, 9.17) is 9.26 Å². The molecular formula is C35H37N5O5. The molecule has 0 bridgehead atoms. The zero-order valence-electron chi connectivity index (χ0n) is 25.4. The molecule has 3 heterocycles. The first kappa shape index (κ1) is 29.2. The summed E-state index contributed by atoms with van der Waals surface area (Å²) < 4.78 is 14.6. The molecule has 0 aliphatic heterocycles. The van der Waals surface area contributed by atoms with E-state index in [-0.39, 0.29) is 36.0 Å². The summed E-state index contributed by atoms with van der Waals surface area (Å²) in [5, 5.41) is 8.54. The summed E-state index contributed by atoms with van der Waals surface area (Å²) in [5.41, 5.74) is 6.27. The molecule has 0 saturated heterocycles. The number of carbonyl (C=O) groups excluding carboxylic acids is 1. The van der Waals surface area contributed by atoms with Crippen molar-refractivity contribution in [3.63, 3.8) is 0 Å². The van der Waals surface area contributed by atoms with Crippen LogP contribution in [-0.4, -0.2) is 42.8 Å². The average Bonchev–Trinajstić information content (AvgIpc) is 3.66. The van der Waals surface area contributed by atoms with Crippen LogP contribution in [0.1, 0.15) is 74.7 Å². The molecule has 0 unspecified atom stereocenters. The van der Waals surface area contributed by atoms with Gasteiger partial charge in [0, 0.05) is 35.6 Å². The van der Waals surface area contributed by atoms with Crippen LogP contribution in [0.15, 0.2) is 74.9 Å². The van der Waals surface area contributed by atoms with Gasteiger partial charge in [-0.15, -0.1) is 0 Å². The van der Waals surface area contributed by atoms with E-state index in [2.05, 4.69) is 34.3 Å². The molecule has 2 fully saturated rings. The summed E-state index contributed by atoms with van der Waals surface area (Å²) >= 11 is 0. The zero-order chi connectivity index (χ0) is 30.9. The summed E-state index contributed by atoms with van der Waals surface area (Å²) in [6.45, 7) is 2.33. The van der Waals surface area contributed by atoms with Crippen molar-refractivity contribution in [2.75, 3.05) is 6.61 Å². The fourth-order valence-corrected chi connectivity index (χ4v) is 6.70. The lowest BCUT2D eigenvalue weighted by molar-refractivity contribution is -0.127. The smallest absolute Gasteiger partial charge is 0.370 e. The Bertz CT molecular complexity index is 1940. The lowest BCUT2D eigenvalue weighted by Gasteiger charge is -2.31. The lowest BCUT2D eigenvalue weighted by Crippen LogP contribution is -2.35. The van der Waals surface area contributed by atoms with Gasteiger partial charge in [0.1, 0.15) is 12.3 Å². The third-order valence-electron chi connectivity index (χ3n) is 9.21. The fraction of sp³-hybridized carbons (Fsp3) is 0.400. The number of Topliss-reactive ketones (excluding diaryl/α,β-unsaturated/α-hetero) is 1. The number of ketones is 1. The number of aryl methyl sites for hydroxylation is 1. The Morgan fingerprint density at radius 2 is 1.73 bits per heavy atom. The highest BCUT2D eigenvalue weighted by Crippen LogP contribution is 2.34. The number of hydrogen-bond acceptors (Lipinski definition) is 7. The molecule has 0 atom stereocenters. The van der Waals surface area contributed by atoms with E-state index in [1.165, 1.54) is 0 Å². The highest BCUT2D eigenvalue weighted by molar-refractivity contribution is 5.84. The number of nitrogens with one attached hydrogen (secondary N) is 1. The Balaban J connectivity index is 1.16. The minimum absolute atomic E-state index is 0.0455. The van der Waals surface area contributed by atoms with Crippen molar-refractivity contribution >= 4 is 11.4 Å². The monoisotopic (exact) mass is 607 g/mol. The second kappa shape index (κ2) is 12.4. The number of aromatic amines is 1. The Morgan fingerprint density at radius 1 is 0.978 bits per heavy atom. The quantitative estimate of drug-likeness (QED) is 0.209. The predicted molar refractivity (Wildman–Crippen MR) is 169 cm³/mol. The molecule has 1 N–H and O–H groups in total. The topological polar surface area (TPSA) is 124 Å². The maximum Gasteiger partial charge on any atom is 0.439 e. The molecule has 5 aromatic rings. The molecule has 2 aliphatic rings. The Morgan fingerprint density at radius 3 is 2.42 bits per heavy atom. The predicted octanol–water partition coefficient (Wildman–Crippen LogP) is 5.53. The molecule has 10 heteroatoms. The minimum atomic E-state index is -0.598. The van der Waals surface area contributed by atoms with Crippen LogP contribution in [0, 0.1) is 5.92 Å². The zero-order valence-corrected chi connectivity index (χ0v) is 25.4. The normalized spacial score (nSPS) is 18.4. The molecule has 0 radical (unpaired) electrons. The highest BCUT2D eigenvalue weighted by Gasteiger charge is 2.31. The van der Waals surface area contributed by atoms with Gasteiger partial charge in [0.15, 0.2) is 11.6 Å². The maximum atomic E-state index is 14.4. The van der Waals surface area contributed by atoms with Gasteiger partial charge < -0.3 is 4.74 Å². The van der Waals surface area contributed by atoms with Crippen molar-refractivity contribution < 1.29 is 14.1 Å². The number of benzene rings is 2. The molecule has 2 saturated carbocycles. The van der Waals surface area contributed by atoms with E-state index < -0.39 is 5.76 Å². The van der Waals surface area contributed by atoms with Crippen molar-refractivity contribution in [3.05, 3.63) is 98.5 Å². The number of aromatic nitrogens is 5. The fourth-order valence-electron chi connectivity index (χ4n) is 6.70. The number of hydrogen-bond donors (Lipinski definition) is 1. The number of carbonyl (C=O) groups is 1. The summed E-state index contributed by atoms with van der Waals surface area (Å²) in [6.07, 6.45) is 9.27. The second-order valence-electron chi connectivity index (χ2n) is 12.3. The first-order chi connectivity index (χ1) is 22.0. The van der Waals surface area contributed by atoms with Crippen LogP contribution in [0.25, 0.3) is 28.2 Å². The standard InChI is InChI=1S/C35H37N5O5/c1-2-5-30-29(20-22-8-10-23(11-9-22)27-6-3-4-7-28(27)33-37-35(43)45-38-33)34(42)39(32-18-19-36-40(30)32)25-14-16-26(17-15-25)44-21-31(41)24-12-13-24/h3-4,6-11,18-19,24-26H,2,5,12-17,20-21H2,1H3,(H,37,38,43). The van der Waals surface area contributed by atoms with Crippen molar-refractivity contribution in [1.82, 2.24) is 24.3 Å². The van der Waals surface area contributed by atoms with E-state index >= 15 is 0 Å². The average molecular weight is 608 g/mol. The van der Waals surface area contributed by atoms with Crippen LogP contribution < -0.4 is 11.3 Å². The van der Waals surface area contributed by atoms with Gasteiger partial charge in [-0.3, -0.25) is 23.7 Å². The Kier molecular flexibility index (Phi) is 8.06. The van der Waals surface area contributed by atoms with Gasteiger partial charge in [0.05, 0.1) is 18.0 Å². The van der Waals surface area contributed by atoms with Crippen molar-refractivity contribution in [2.24, 2.45) is 5.92 Å². The number of fused-ring (bicyclic) bond motifs is 1. The lowest BCUT2D eigenvalue weighted by atomic mass is 9.92. The molecule has 45 heavy (non-hydrogen) atoms. The van der Waals surface area contributed by atoms with Gasteiger partial charge in [-0.25, -0.2) is 9.31 Å². The molecule has 7 rings (SSSR count). The summed E-state index contributed by atoms with van der Waals surface area (Å²) in [5.74, 6) is 0.228. The first-order valence-corrected chi connectivity index (χ1v) is 16.0. The maximum absolute atomic E-state index is 14.4. The molecule has 10 nitrogen and oxygen atoms in total. The molecule has 2 aromatic carbocycles. The second-order valence-corrected chi connectivity index (χ2v) is 12.3. The molecule has 0 amide bonds. The highest BCUT2D eigenvalue weighted by atomic mass is 16.5. The number of ether oxygens (including phenoxy) is 1. The van der Waals surface area contributed by atoms with Gasteiger partial charge in [-0.05, 0) is 61.6 Å². The molecule has 3 aromatic heterocycles. The molecule has 0 spiro atoms. The van der Waals surface area contributed by atoms with Crippen LogP contribution >= 0.6 is 0 Å². The van der Waals surface area contributed by atoms with Crippen LogP contribution in [0.2, 0.25) is 0 Å². The van der Waals surface area contributed by atoms with Gasteiger partial charge in [0.25, 0.3) is 5.56 Å². The first-order valence-electron chi connectivity index (χ1n) is 16.0. The van der Waals surface area contributed by atoms with E-state index in [1.54, 1.807) is 6.20 Å². The minimum Gasteiger partial charge on any atom is -0.370 e. The van der Waals surface area contributed by atoms with Crippen molar-refractivity contribution in [3.8, 4) is 22.5 Å². The number of H-pyrrole nitrogens is 1. The molecular weight excluding hydrogens is 570 g/mol.